The van der Waals surface area contributed by atoms with Gasteiger partial charge in [-0.3, -0.25) is 0 Å². The van der Waals surface area contributed by atoms with Gasteiger partial charge in [0.1, 0.15) is 10.7 Å². The van der Waals surface area contributed by atoms with Crippen molar-refractivity contribution in [3.63, 3.8) is 0 Å². The molecular weight excluding hydrogens is 257 g/mol. The lowest BCUT2D eigenvalue weighted by Crippen LogP contribution is -2.41. The lowest BCUT2D eigenvalue weighted by atomic mass is 9.96. The molecule has 18 heavy (non-hydrogen) atoms. The monoisotopic (exact) mass is 271 g/mol. The molecule has 3 unspecified atom stereocenters. The van der Waals surface area contributed by atoms with Crippen LogP contribution in [0.4, 0.5) is 4.39 Å². The summed E-state index contributed by atoms with van der Waals surface area (Å²) >= 11 is 0. The fraction of sp³-hybridized carbons (Fsp3) is 0.500. The minimum Gasteiger partial charge on any atom is -0.373 e. The number of halogens is 1. The van der Waals surface area contributed by atoms with E-state index in [-0.39, 0.29) is 23.1 Å². The van der Waals surface area contributed by atoms with Gasteiger partial charge < -0.3 is 4.74 Å². The van der Waals surface area contributed by atoms with E-state index in [0.29, 0.717) is 6.42 Å². The van der Waals surface area contributed by atoms with Crippen LogP contribution in [0.2, 0.25) is 0 Å². The fourth-order valence-electron chi connectivity index (χ4n) is 2.69. The summed E-state index contributed by atoms with van der Waals surface area (Å²) < 4.78 is 45.8. The molecular formula is C12H14FNO3S. The van der Waals surface area contributed by atoms with Crippen molar-refractivity contribution < 1.29 is 17.5 Å². The molecule has 2 heterocycles. The fourth-order valence-corrected chi connectivity index (χ4v) is 4.04. The van der Waals surface area contributed by atoms with Crippen LogP contribution in [0, 0.1) is 5.82 Å². The first-order chi connectivity index (χ1) is 8.56. The molecule has 0 amide bonds. The largest absolute Gasteiger partial charge is 0.373 e. The Morgan fingerprint density at radius 1 is 1.28 bits per heavy atom. The standard InChI is InChI=1S/C12H14FNO3S/c13-9-3-1-2-4-12(9)18(15,16)14-10-7-8-5-6-11(10)17-8/h1-4,8,10-11,14H,5-7H2. The summed E-state index contributed by atoms with van der Waals surface area (Å²) in [6, 6.07) is 5.16. The maximum absolute atomic E-state index is 13.5. The van der Waals surface area contributed by atoms with Gasteiger partial charge in [-0.2, -0.15) is 0 Å². The van der Waals surface area contributed by atoms with Gasteiger partial charge in [0, 0.05) is 0 Å². The van der Waals surface area contributed by atoms with E-state index in [1.54, 1.807) is 0 Å². The molecule has 6 heteroatoms. The van der Waals surface area contributed by atoms with Crippen LogP contribution in [0.5, 0.6) is 0 Å². The molecule has 0 saturated carbocycles. The Morgan fingerprint density at radius 2 is 2.06 bits per heavy atom. The summed E-state index contributed by atoms with van der Waals surface area (Å²) in [5, 5.41) is 0. The van der Waals surface area contributed by atoms with Crippen molar-refractivity contribution in [1.29, 1.82) is 0 Å². The first-order valence-electron chi connectivity index (χ1n) is 5.98. The van der Waals surface area contributed by atoms with E-state index in [9.17, 15) is 12.8 Å². The topological polar surface area (TPSA) is 55.4 Å². The van der Waals surface area contributed by atoms with Gasteiger partial charge in [-0.05, 0) is 31.4 Å². The van der Waals surface area contributed by atoms with Crippen molar-refractivity contribution >= 4 is 10.0 Å². The maximum atomic E-state index is 13.5. The van der Waals surface area contributed by atoms with E-state index in [4.69, 9.17) is 4.74 Å². The zero-order chi connectivity index (χ0) is 12.8. The molecule has 98 valence electrons. The molecule has 0 radical (unpaired) electrons. The molecule has 4 nitrogen and oxygen atoms in total. The zero-order valence-electron chi connectivity index (χ0n) is 9.67. The van der Waals surface area contributed by atoms with Gasteiger partial charge in [0.2, 0.25) is 10.0 Å². The second-order valence-electron chi connectivity index (χ2n) is 4.77. The number of nitrogens with one attached hydrogen (secondary N) is 1. The Bertz CT molecular complexity index is 560. The van der Waals surface area contributed by atoms with Crippen molar-refractivity contribution in [1.82, 2.24) is 4.72 Å². The molecule has 2 aliphatic rings. The lowest BCUT2D eigenvalue weighted by molar-refractivity contribution is 0.0996. The third kappa shape index (κ3) is 2.04. The van der Waals surface area contributed by atoms with E-state index in [0.717, 1.165) is 18.9 Å². The smallest absolute Gasteiger partial charge is 0.243 e. The highest BCUT2D eigenvalue weighted by atomic mass is 32.2. The highest BCUT2D eigenvalue weighted by Gasteiger charge is 2.42. The molecule has 0 spiro atoms. The number of benzene rings is 1. The third-order valence-corrected chi connectivity index (χ3v) is 5.06. The van der Waals surface area contributed by atoms with Gasteiger partial charge in [0.05, 0.1) is 18.2 Å². The summed E-state index contributed by atoms with van der Waals surface area (Å²) in [5.74, 6) is -0.728. The van der Waals surface area contributed by atoms with Crippen LogP contribution in [0.15, 0.2) is 29.2 Å². The predicted octanol–water partition coefficient (Wildman–Crippen LogP) is 1.42. The molecule has 3 atom stereocenters. The summed E-state index contributed by atoms with van der Waals surface area (Å²) in [7, 11) is -3.80. The molecule has 2 aliphatic heterocycles. The Balaban J connectivity index is 1.82. The number of hydrogen-bond donors (Lipinski definition) is 1. The first kappa shape index (κ1) is 12.1. The van der Waals surface area contributed by atoms with Crippen molar-refractivity contribution in [2.75, 3.05) is 0 Å². The van der Waals surface area contributed by atoms with Crippen molar-refractivity contribution in [2.45, 2.75) is 42.4 Å². The SMILES string of the molecule is O=S(=O)(NC1CC2CCC1O2)c1ccccc1F. The van der Waals surface area contributed by atoms with E-state index < -0.39 is 15.8 Å². The van der Waals surface area contributed by atoms with E-state index in [1.807, 2.05) is 0 Å². The molecule has 2 bridgehead atoms. The van der Waals surface area contributed by atoms with Gasteiger partial charge in [-0.25, -0.2) is 17.5 Å². The Hall–Kier alpha value is -0.980. The van der Waals surface area contributed by atoms with Crippen LogP contribution in [0.1, 0.15) is 19.3 Å². The highest BCUT2D eigenvalue weighted by molar-refractivity contribution is 7.89. The maximum Gasteiger partial charge on any atom is 0.243 e. The highest BCUT2D eigenvalue weighted by Crippen LogP contribution is 2.35. The Kier molecular flexibility index (Phi) is 2.88. The molecule has 1 aromatic rings. The van der Waals surface area contributed by atoms with E-state index >= 15 is 0 Å². The average molecular weight is 271 g/mol. The van der Waals surface area contributed by atoms with Gasteiger partial charge in [-0.1, -0.05) is 12.1 Å². The van der Waals surface area contributed by atoms with E-state index in [1.165, 1.54) is 18.2 Å². The van der Waals surface area contributed by atoms with Gasteiger partial charge in [0.15, 0.2) is 0 Å². The molecule has 0 aromatic heterocycles. The summed E-state index contributed by atoms with van der Waals surface area (Å²) in [6.45, 7) is 0. The number of ether oxygens (including phenoxy) is 1. The predicted molar refractivity (Wildman–Crippen MR) is 63.0 cm³/mol. The third-order valence-electron chi connectivity index (χ3n) is 3.54. The average Bonchev–Trinajstić information content (AvgIpc) is 2.90. The second kappa shape index (κ2) is 4.29. The zero-order valence-corrected chi connectivity index (χ0v) is 10.5. The first-order valence-corrected chi connectivity index (χ1v) is 7.47. The van der Waals surface area contributed by atoms with Crippen LogP contribution in [0.3, 0.4) is 0 Å². The molecule has 1 N–H and O–H groups in total. The van der Waals surface area contributed by atoms with Gasteiger partial charge in [0.25, 0.3) is 0 Å². The van der Waals surface area contributed by atoms with Crippen LogP contribution >= 0.6 is 0 Å². The van der Waals surface area contributed by atoms with Crippen LogP contribution in [-0.2, 0) is 14.8 Å². The number of rotatable bonds is 3. The summed E-state index contributed by atoms with van der Waals surface area (Å²) in [4.78, 5) is -0.298. The minimum absolute atomic E-state index is 0.0588. The molecule has 2 fully saturated rings. The van der Waals surface area contributed by atoms with Crippen LogP contribution in [0.25, 0.3) is 0 Å². The minimum atomic E-state index is -3.80. The van der Waals surface area contributed by atoms with Crippen LogP contribution < -0.4 is 4.72 Å². The lowest BCUT2D eigenvalue weighted by Gasteiger charge is -2.20. The van der Waals surface area contributed by atoms with Gasteiger partial charge in [-0.15, -0.1) is 0 Å². The Morgan fingerprint density at radius 3 is 2.67 bits per heavy atom. The number of hydrogen-bond acceptors (Lipinski definition) is 3. The van der Waals surface area contributed by atoms with E-state index in [2.05, 4.69) is 4.72 Å². The molecule has 2 saturated heterocycles. The van der Waals surface area contributed by atoms with Crippen molar-refractivity contribution in [2.24, 2.45) is 0 Å². The van der Waals surface area contributed by atoms with Crippen molar-refractivity contribution in [3.8, 4) is 0 Å². The molecule has 0 aliphatic carbocycles. The number of fused-ring (bicyclic) bond motifs is 2. The van der Waals surface area contributed by atoms with Crippen molar-refractivity contribution in [3.05, 3.63) is 30.1 Å². The second-order valence-corrected chi connectivity index (χ2v) is 6.45. The quantitative estimate of drug-likeness (QED) is 0.904. The normalized spacial score (nSPS) is 30.8. The number of sulfonamides is 1. The summed E-state index contributed by atoms with van der Waals surface area (Å²) in [5.41, 5.74) is 0. The molecule has 1 aromatic carbocycles. The van der Waals surface area contributed by atoms with Gasteiger partial charge >= 0.3 is 0 Å². The van der Waals surface area contributed by atoms with Crippen LogP contribution in [-0.4, -0.2) is 26.7 Å². The summed E-state index contributed by atoms with van der Waals surface area (Å²) in [6.07, 6.45) is 2.63. The molecule has 3 rings (SSSR count). The Labute approximate surface area is 105 Å².